The van der Waals surface area contributed by atoms with Crippen LogP contribution < -0.4 is 4.90 Å². The average Bonchev–Trinajstić information content (AvgIpc) is 2.73. The molecule has 0 unspecified atom stereocenters. The van der Waals surface area contributed by atoms with Gasteiger partial charge in [0.05, 0.1) is 22.3 Å². The zero-order valence-electron chi connectivity index (χ0n) is 16.7. The molecule has 30 heavy (non-hydrogen) atoms. The predicted octanol–water partition coefficient (Wildman–Crippen LogP) is 4.23. The maximum absolute atomic E-state index is 13.1. The van der Waals surface area contributed by atoms with Crippen LogP contribution >= 0.6 is 0 Å². The highest BCUT2D eigenvalue weighted by Crippen LogP contribution is 2.29. The fourth-order valence-corrected chi connectivity index (χ4v) is 3.66. The lowest BCUT2D eigenvalue weighted by atomic mass is 10.1. The highest BCUT2D eigenvalue weighted by Gasteiger charge is 2.31. The third kappa shape index (κ3) is 3.94. The van der Waals surface area contributed by atoms with E-state index in [1.807, 2.05) is 43.0 Å². The van der Waals surface area contributed by atoms with Crippen LogP contribution in [0.1, 0.15) is 27.2 Å². The van der Waals surface area contributed by atoms with Gasteiger partial charge in [0.1, 0.15) is 5.82 Å². The maximum Gasteiger partial charge on any atom is 0.417 e. The summed E-state index contributed by atoms with van der Waals surface area (Å²) in [4.78, 5) is 25.2. The quantitative estimate of drug-likeness (QED) is 0.630. The molecular formula is C22H21F3N4O. The third-order valence-electron chi connectivity index (χ3n) is 5.36. The number of rotatable bonds is 2. The van der Waals surface area contributed by atoms with Crippen LogP contribution in [0.5, 0.6) is 0 Å². The number of amides is 1. The minimum atomic E-state index is -4.40. The van der Waals surface area contributed by atoms with Crippen LogP contribution in [0.3, 0.4) is 0 Å². The minimum absolute atomic E-state index is 0.0802. The number of carbonyl (C=O) groups excluding carboxylic acids is 1. The van der Waals surface area contributed by atoms with Gasteiger partial charge in [-0.3, -0.25) is 9.78 Å². The van der Waals surface area contributed by atoms with Crippen molar-refractivity contribution in [1.82, 2.24) is 14.9 Å². The Morgan fingerprint density at radius 3 is 2.37 bits per heavy atom. The van der Waals surface area contributed by atoms with Crippen molar-refractivity contribution in [2.45, 2.75) is 20.0 Å². The van der Waals surface area contributed by atoms with Crippen molar-refractivity contribution in [3.8, 4) is 0 Å². The number of benzene rings is 1. The summed E-state index contributed by atoms with van der Waals surface area (Å²) in [7, 11) is 0. The Kier molecular flexibility index (Phi) is 5.09. The van der Waals surface area contributed by atoms with Gasteiger partial charge in [0.25, 0.3) is 5.91 Å². The second-order valence-corrected chi connectivity index (χ2v) is 7.50. The highest BCUT2D eigenvalue weighted by molar-refractivity contribution is 5.98. The van der Waals surface area contributed by atoms with Crippen molar-refractivity contribution < 1.29 is 18.0 Å². The van der Waals surface area contributed by atoms with Crippen molar-refractivity contribution in [1.29, 1.82) is 0 Å². The van der Waals surface area contributed by atoms with Gasteiger partial charge >= 0.3 is 6.18 Å². The summed E-state index contributed by atoms with van der Waals surface area (Å²) in [6.45, 7) is 5.76. The molecule has 2 aromatic heterocycles. The van der Waals surface area contributed by atoms with Crippen molar-refractivity contribution in [2.24, 2.45) is 0 Å². The molecule has 1 aliphatic rings. The lowest BCUT2D eigenvalue weighted by molar-refractivity contribution is -0.137. The molecule has 1 saturated heterocycles. The predicted molar refractivity (Wildman–Crippen MR) is 109 cm³/mol. The molecule has 1 aromatic carbocycles. The Morgan fingerprint density at radius 2 is 1.73 bits per heavy atom. The van der Waals surface area contributed by atoms with Gasteiger partial charge in [-0.1, -0.05) is 11.6 Å². The number of halogens is 3. The number of fused-ring (bicyclic) bond motifs is 1. The van der Waals surface area contributed by atoms with Crippen LogP contribution in [0.2, 0.25) is 0 Å². The molecule has 0 atom stereocenters. The number of alkyl halides is 3. The van der Waals surface area contributed by atoms with Crippen molar-refractivity contribution >= 4 is 22.6 Å². The summed E-state index contributed by atoms with van der Waals surface area (Å²) in [6.07, 6.45) is -3.56. The van der Waals surface area contributed by atoms with Gasteiger partial charge in [0.15, 0.2) is 0 Å². The monoisotopic (exact) mass is 414 g/mol. The summed E-state index contributed by atoms with van der Waals surface area (Å²) in [5.74, 6) is 0.401. The molecule has 4 rings (SSSR count). The van der Waals surface area contributed by atoms with E-state index in [0.717, 1.165) is 28.7 Å². The molecule has 0 aliphatic carbocycles. The van der Waals surface area contributed by atoms with Crippen LogP contribution in [0, 0.1) is 13.8 Å². The van der Waals surface area contributed by atoms with Gasteiger partial charge in [0.2, 0.25) is 0 Å². The number of carbonyl (C=O) groups is 1. The lowest BCUT2D eigenvalue weighted by Gasteiger charge is -2.35. The number of aryl methyl sites for hydroxylation is 2. The number of piperazine rings is 1. The van der Waals surface area contributed by atoms with Crippen molar-refractivity contribution in [2.75, 3.05) is 31.1 Å². The van der Waals surface area contributed by atoms with Gasteiger partial charge in [-0.25, -0.2) is 4.98 Å². The van der Waals surface area contributed by atoms with E-state index in [0.29, 0.717) is 43.3 Å². The standard InChI is InChI=1S/C22H21F3N4O/c1-14-3-5-19-16(11-14)12-18(15(2)27-19)21(30)29-9-7-28(8-10-29)20-6-4-17(13-26-20)22(23,24)25/h3-6,11-13H,7-10H2,1-2H3. The zero-order valence-corrected chi connectivity index (χ0v) is 16.7. The van der Waals surface area contributed by atoms with E-state index in [2.05, 4.69) is 9.97 Å². The van der Waals surface area contributed by atoms with Crippen LogP contribution in [-0.2, 0) is 6.18 Å². The number of hydrogen-bond donors (Lipinski definition) is 0. The molecule has 0 radical (unpaired) electrons. The normalized spacial score (nSPS) is 15.0. The topological polar surface area (TPSA) is 49.3 Å². The first-order valence-corrected chi connectivity index (χ1v) is 9.68. The molecule has 8 heteroatoms. The molecule has 1 amide bonds. The fourth-order valence-electron chi connectivity index (χ4n) is 3.66. The van der Waals surface area contributed by atoms with E-state index in [9.17, 15) is 18.0 Å². The summed E-state index contributed by atoms with van der Waals surface area (Å²) in [5, 5.41) is 0.927. The molecule has 1 aliphatic heterocycles. The van der Waals surface area contributed by atoms with Gasteiger partial charge in [-0.2, -0.15) is 13.2 Å². The molecule has 156 valence electrons. The molecule has 0 bridgehead atoms. The highest BCUT2D eigenvalue weighted by atomic mass is 19.4. The van der Waals surface area contributed by atoms with E-state index < -0.39 is 11.7 Å². The van der Waals surface area contributed by atoms with Crippen LogP contribution in [0.4, 0.5) is 19.0 Å². The SMILES string of the molecule is Cc1ccc2nc(C)c(C(=O)N3CCN(c4ccc(C(F)(F)F)cn4)CC3)cc2c1. The van der Waals surface area contributed by atoms with Crippen LogP contribution in [-0.4, -0.2) is 47.0 Å². The van der Waals surface area contributed by atoms with E-state index in [1.165, 1.54) is 6.07 Å². The number of nitrogens with zero attached hydrogens (tertiary/aromatic N) is 4. The Hall–Kier alpha value is -3.16. The van der Waals surface area contributed by atoms with Crippen LogP contribution in [0.15, 0.2) is 42.6 Å². The van der Waals surface area contributed by atoms with Gasteiger partial charge in [-0.05, 0) is 44.2 Å². The van der Waals surface area contributed by atoms with E-state index in [4.69, 9.17) is 0 Å². The minimum Gasteiger partial charge on any atom is -0.353 e. The summed E-state index contributed by atoms with van der Waals surface area (Å²) < 4.78 is 38.1. The van der Waals surface area contributed by atoms with Gasteiger partial charge < -0.3 is 9.80 Å². The van der Waals surface area contributed by atoms with Crippen molar-refractivity contribution in [3.63, 3.8) is 0 Å². The molecule has 1 fully saturated rings. The molecule has 3 aromatic rings. The van der Waals surface area contributed by atoms with Crippen molar-refractivity contribution in [3.05, 3.63) is 65.0 Å². The Balaban J connectivity index is 1.47. The fraction of sp³-hybridized carbons (Fsp3) is 0.318. The molecular weight excluding hydrogens is 393 g/mol. The summed E-state index contributed by atoms with van der Waals surface area (Å²) >= 11 is 0. The molecule has 0 spiro atoms. The molecule has 0 saturated carbocycles. The molecule has 0 N–H and O–H groups in total. The second kappa shape index (κ2) is 7.59. The zero-order chi connectivity index (χ0) is 21.5. The van der Waals surface area contributed by atoms with E-state index in [1.54, 1.807) is 4.90 Å². The smallest absolute Gasteiger partial charge is 0.353 e. The number of aromatic nitrogens is 2. The van der Waals surface area contributed by atoms with Gasteiger partial charge in [0, 0.05) is 37.8 Å². The molecule has 5 nitrogen and oxygen atoms in total. The summed E-state index contributed by atoms with van der Waals surface area (Å²) in [6, 6.07) is 10.2. The first kappa shape index (κ1) is 20.1. The number of pyridine rings is 2. The Morgan fingerprint density at radius 1 is 1.00 bits per heavy atom. The second-order valence-electron chi connectivity index (χ2n) is 7.50. The Labute approximate surface area is 172 Å². The Bertz CT molecular complexity index is 1090. The average molecular weight is 414 g/mol. The third-order valence-corrected chi connectivity index (χ3v) is 5.36. The van der Waals surface area contributed by atoms with Gasteiger partial charge in [-0.15, -0.1) is 0 Å². The first-order valence-electron chi connectivity index (χ1n) is 9.68. The van der Waals surface area contributed by atoms with E-state index in [-0.39, 0.29) is 5.91 Å². The van der Waals surface area contributed by atoms with E-state index >= 15 is 0 Å². The molecule has 3 heterocycles. The number of anilines is 1. The lowest BCUT2D eigenvalue weighted by Crippen LogP contribution is -2.49. The largest absolute Gasteiger partial charge is 0.417 e. The number of hydrogen-bond acceptors (Lipinski definition) is 4. The maximum atomic E-state index is 13.1. The summed E-state index contributed by atoms with van der Waals surface area (Å²) in [5.41, 5.74) is 2.45. The first-order chi connectivity index (χ1) is 14.2. The van der Waals surface area contributed by atoms with Crippen LogP contribution in [0.25, 0.3) is 10.9 Å².